The quantitative estimate of drug-likeness (QED) is 0.617. The van der Waals surface area contributed by atoms with Crippen molar-refractivity contribution in [2.45, 2.75) is 32.1 Å². The summed E-state index contributed by atoms with van der Waals surface area (Å²) in [6.07, 6.45) is 0. The van der Waals surface area contributed by atoms with Crippen LogP contribution in [0.4, 0.5) is 0 Å². The van der Waals surface area contributed by atoms with E-state index in [1.165, 1.54) is 11.1 Å². The van der Waals surface area contributed by atoms with E-state index in [2.05, 4.69) is 81.4 Å². The largest absolute Gasteiger partial charge is 0.122 e. The van der Waals surface area contributed by atoms with Crippen molar-refractivity contribution in [3.05, 3.63) is 71.8 Å². The van der Waals surface area contributed by atoms with Crippen molar-refractivity contribution in [3.63, 3.8) is 0 Å². The predicted molar refractivity (Wildman–Crippen MR) is 88.4 cm³/mol. The molecule has 0 aliphatic heterocycles. The second-order valence-corrected chi connectivity index (χ2v) is 6.35. The lowest BCUT2D eigenvalue weighted by Gasteiger charge is -2.30. The van der Waals surface area contributed by atoms with Crippen LogP contribution in [-0.4, -0.2) is 5.38 Å². The Balaban J connectivity index is 2.40. The summed E-state index contributed by atoms with van der Waals surface area (Å²) in [6.45, 7) is 6.66. The molecule has 0 spiro atoms. The molecule has 2 aromatic carbocycles. The highest BCUT2D eigenvalue weighted by molar-refractivity contribution is 6.21. The Morgan fingerprint density at radius 1 is 0.700 bits per heavy atom. The Kier molecular flexibility index (Phi) is 5.25. The minimum Gasteiger partial charge on any atom is -0.122 e. The molecule has 0 aliphatic carbocycles. The van der Waals surface area contributed by atoms with Gasteiger partial charge in [0, 0.05) is 11.3 Å². The van der Waals surface area contributed by atoms with Gasteiger partial charge in [-0.2, -0.15) is 0 Å². The molecule has 0 nitrogen and oxygen atoms in total. The van der Waals surface area contributed by atoms with Gasteiger partial charge in [0.15, 0.2) is 0 Å². The SMILES string of the molecule is CC(C)C(Cl)C(C)C(c1ccccc1)c1ccccc1. The molecule has 0 aliphatic rings. The normalized spacial score (nSPS) is 14.5. The third-order valence-corrected chi connectivity index (χ3v) is 4.88. The van der Waals surface area contributed by atoms with Crippen LogP contribution in [0.1, 0.15) is 37.8 Å². The third-order valence-electron chi connectivity index (χ3n) is 3.98. The monoisotopic (exact) mass is 286 g/mol. The summed E-state index contributed by atoms with van der Waals surface area (Å²) in [5.41, 5.74) is 2.69. The molecule has 2 aromatic rings. The van der Waals surface area contributed by atoms with Crippen LogP contribution in [0, 0.1) is 11.8 Å². The highest BCUT2D eigenvalue weighted by atomic mass is 35.5. The van der Waals surface area contributed by atoms with Crippen LogP contribution in [0.5, 0.6) is 0 Å². The van der Waals surface area contributed by atoms with Gasteiger partial charge in [0.05, 0.1) is 0 Å². The van der Waals surface area contributed by atoms with Gasteiger partial charge in [-0.15, -0.1) is 11.6 Å². The summed E-state index contributed by atoms with van der Waals surface area (Å²) in [5.74, 6) is 1.21. The Morgan fingerprint density at radius 2 is 1.10 bits per heavy atom. The summed E-state index contributed by atoms with van der Waals surface area (Å²) in [7, 11) is 0. The van der Waals surface area contributed by atoms with Crippen LogP contribution in [0.3, 0.4) is 0 Å². The zero-order valence-corrected chi connectivity index (χ0v) is 13.2. The number of benzene rings is 2. The molecule has 0 radical (unpaired) electrons. The van der Waals surface area contributed by atoms with E-state index in [1.54, 1.807) is 0 Å². The van der Waals surface area contributed by atoms with Gasteiger partial charge in [-0.05, 0) is 23.0 Å². The van der Waals surface area contributed by atoms with Gasteiger partial charge in [-0.3, -0.25) is 0 Å². The van der Waals surface area contributed by atoms with E-state index in [0.717, 1.165) is 0 Å². The highest BCUT2D eigenvalue weighted by Gasteiger charge is 2.28. The van der Waals surface area contributed by atoms with Gasteiger partial charge in [0.25, 0.3) is 0 Å². The van der Waals surface area contributed by atoms with Gasteiger partial charge in [-0.1, -0.05) is 81.4 Å². The molecule has 0 amide bonds. The number of halogens is 1. The molecule has 0 bridgehead atoms. The van der Waals surface area contributed by atoms with E-state index in [0.29, 0.717) is 17.8 Å². The first-order valence-electron chi connectivity index (χ1n) is 7.35. The van der Waals surface area contributed by atoms with E-state index >= 15 is 0 Å². The Hall–Kier alpha value is -1.27. The van der Waals surface area contributed by atoms with E-state index in [1.807, 2.05) is 0 Å². The first-order valence-corrected chi connectivity index (χ1v) is 7.79. The zero-order valence-electron chi connectivity index (χ0n) is 12.5. The van der Waals surface area contributed by atoms with Gasteiger partial charge in [0.2, 0.25) is 0 Å². The fourth-order valence-corrected chi connectivity index (χ4v) is 3.06. The van der Waals surface area contributed by atoms with Crippen LogP contribution >= 0.6 is 11.6 Å². The summed E-state index contributed by atoms with van der Waals surface area (Å²) in [5, 5.41) is 0.167. The maximum absolute atomic E-state index is 6.66. The topological polar surface area (TPSA) is 0 Å². The zero-order chi connectivity index (χ0) is 14.5. The van der Waals surface area contributed by atoms with Crippen LogP contribution < -0.4 is 0 Å². The number of rotatable bonds is 5. The minimum absolute atomic E-state index is 0.167. The molecule has 0 saturated heterocycles. The number of hydrogen-bond acceptors (Lipinski definition) is 0. The van der Waals surface area contributed by atoms with Gasteiger partial charge in [-0.25, -0.2) is 0 Å². The van der Waals surface area contributed by atoms with Crippen LogP contribution in [0.25, 0.3) is 0 Å². The van der Waals surface area contributed by atoms with Gasteiger partial charge in [0.1, 0.15) is 0 Å². The minimum atomic E-state index is 0.167. The van der Waals surface area contributed by atoms with E-state index < -0.39 is 0 Å². The molecule has 0 aromatic heterocycles. The lowest BCUT2D eigenvalue weighted by atomic mass is 9.78. The summed E-state index contributed by atoms with van der Waals surface area (Å²) in [4.78, 5) is 0. The summed E-state index contributed by atoms with van der Waals surface area (Å²) in [6, 6.07) is 21.4. The lowest BCUT2D eigenvalue weighted by Crippen LogP contribution is -2.25. The van der Waals surface area contributed by atoms with Crippen molar-refractivity contribution in [3.8, 4) is 0 Å². The highest BCUT2D eigenvalue weighted by Crippen LogP contribution is 2.37. The summed E-state index contributed by atoms with van der Waals surface area (Å²) < 4.78 is 0. The van der Waals surface area contributed by atoms with Crippen molar-refractivity contribution in [1.29, 1.82) is 0 Å². The number of hydrogen-bond donors (Lipinski definition) is 0. The molecule has 2 atom stereocenters. The molecule has 0 fully saturated rings. The average molecular weight is 287 g/mol. The third kappa shape index (κ3) is 3.43. The number of alkyl halides is 1. The first kappa shape index (κ1) is 15.1. The Labute approximate surface area is 127 Å². The summed E-state index contributed by atoms with van der Waals surface area (Å²) >= 11 is 6.66. The van der Waals surface area contributed by atoms with Crippen molar-refractivity contribution < 1.29 is 0 Å². The second kappa shape index (κ2) is 6.95. The molecular formula is C19H23Cl. The average Bonchev–Trinajstić information content (AvgIpc) is 2.48. The second-order valence-electron chi connectivity index (χ2n) is 5.85. The Bertz CT molecular complexity index is 464. The van der Waals surface area contributed by atoms with Crippen molar-refractivity contribution in [2.75, 3.05) is 0 Å². The molecule has 0 saturated carbocycles. The molecule has 2 rings (SSSR count). The van der Waals surface area contributed by atoms with Crippen molar-refractivity contribution in [1.82, 2.24) is 0 Å². The van der Waals surface area contributed by atoms with Crippen LogP contribution in [0.15, 0.2) is 60.7 Å². The Morgan fingerprint density at radius 3 is 1.45 bits per heavy atom. The molecule has 0 N–H and O–H groups in total. The van der Waals surface area contributed by atoms with Gasteiger partial charge >= 0.3 is 0 Å². The van der Waals surface area contributed by atoms with Crippen LogP contribution in [0.2, 0.25) is 0 Å². The molecule has 2 unspecified atom stereocenters. The molecule has 1 heteroatoms. The lowest BCUT2D eigenvalue weighted by molar-refractivity contribution is 0.411. The van der Waals surface area contributed by atoms with E-state index in [9.17, 15) is 0 Å². The van der Waals surface area contributed by atoms with Crippen molar-refractivity contribution >= 4 is 11.6 Å². The molecule has 20 heavy (non-hydrogen) atoms. The van der Waals surface area contributed by atoms with Gasteiger partial charge < -0.3 is 0 Å². The molecule has 0 heterocycles. The molecule has 106 valence electrons. The fourth-order valence-electron chi connectivity index (χ4n) is 2.91. The van der Waals surface area contributed by atoms with Crippen LogP contribution in [-0.2, 0) is 0 Å². The standard InChI is InChI=1S/C19H23Cl/c1-14(2)19(20)15(3)18(16-10-6-4-7-11-16)17-12-8-5-9-13-17/h4-15,18-19H,1-3H3. The first-order chi connectivity index (χ1) is 9.61. The van der Waals surface area contributed by atoms with E-state index in [-0.39, 0.29) is 5.38 Å². The molecular weight excluding hydrogens is 264 g/mol. The maximum Gasteiger partial charge on any atom is 0.0393 e. The van der Waals surface area contributed by atoms with Crippen molar-refractivity contribution in [2.24, 2.45) is 11.8 Å². The maximum atomic E-state index is 6.66. The van der Waals surface area contributed by atoms with E-state index in [4.69, 9.17) is 11.6 Å². The fraction of sp³-hybridized carbons (Fsp3) is 0.368. The predicted octanol–water partition coefficient (Wildman–Crippen LogP) is 5.72. The smallest absolute Gasteiger partial charge is 0.0393 e.